The first-order valence-corrected chi connectivity index (χ1v) is 7.15. The highest BCUT2D eigenvalue weighted by atomic mass is 32.2. The van der Waals surface area contributed by atoms with E-state index < -0.39 is 10.0 Å². The van der Waals surface area contributed by atoms with Crippen LogP contribution in [0.25, 0.3) is 0 Å². The Morgan fingerprint density at radius 3 is 2.65 bits per heavy atom. The van der Waals surface area contributed by atoms with Gasteiger partial charge in [0, 0.05) is 12.6 Å². The molecule has 0 fully saturated rings. The lowest BCUT2D eigenvalue weighted by atomic mass is 10.3. The van der Waals surface area contributed by atoms with Gasteiger partial charge in [0.25, 0.3) is 0 Å². The number of nitrogens with one attached hydrogen (secondary N) is 3. The van der Waals surface area contributed by atoms with Gasteiger partial charge in [0.2, 0.25) is 10.0 Å². The summed E-state index contributed by atoms with van der Waals surface area (Å²) in [6.07, 6.45) is 2.08. The SMILES string of the molecule is Cc1[nH]ncc1S(=O)(=O)NCCCNC(C)C. The molecule has 0 unspecified atom stereocenters. The molecule has 0 atom stereocenters. The van der Waals surface area contributed by atoms with Crippen LogP contribution >= 0.6 is 0 Å². The maximum atomic E-state index is 11.8. The zero-order chi connectivity index (χ0) is 12.9. The number of aromatic amines is 1. The van der Waals surface area contributed by atoms with Crippen LogP contribution in [0, 0.1) is 6.92 Å². The third kappa shape index (κ3) is 4.45. The van der Waals surface area contributed by atoms with E-state index in [1.165, 1.54) is 6.20 Å². The lowest BCUT2D eigenvalue weighted by Gasteiger charge is -2.08. The first kappa shape index (κ1) is 14.1. The maximum absolute atomic E-state index is 11.8. The first-order valence-electron chi connectivity index (χ1n) is 5.66. The van der Waals surface area contributed by atoms with E-state index in [1.807, 2.05) is 0 Å². The second-order valence-corrected chi connectivity index (χ2v) is 5.95. The molecule has 0 spiro atoms. The predicted molar refractivity (Wildman–Crippen MR) is 66.3 cm³/mol. The van der Waals surface area contributed by atoms with Gasteiger partial charge in [-0.25, -0.2) is 13.1 Å². The molecular formula is C10H20N4O2S. The van der Waals surface area contributed by atoms with Crippen LogP contribution in [0.5, 0.6) is 0 Å². The van der Waals surface area contributed by atoms with Crippen LogP contribution in [0.15, 0.2) is 11.1 Å². The van der Waals surface area contributed by atoms with E-state index in [1.54, 1.807) is 6.92 Å². The smallest absolute Gasteiger partial charge is 0.243 e. The summed E-state index contributed by atoms with van der Waals surface area (Å²) in [5.74, 6) is 0. The van der Waals surface area contributed by atoms with Crippen molar-refractivity contribution in [2.75, 3.05) is 13.1 Å². The Morgan fingerprint density at radius 2 is 2.12 bits per heavy atom. The van der Waals surface area contributed by atoms with Crippen LogP contribution in [-0.2, 0) is 10.0 Å². The van der Waals surface area contributed by atoms with E-state index in [-0.39, 0.29) is 4.90 Å². The van der Waals surface area contributed by atoms with E-state index >= 15 is 0 Å². The van der Waals surface area contributed by atoms with Gasteiger partial charge < -0.3 is 5.32 Å². The molecule has 1 heterocycles. The Kier molecular flexibility index (Phi) is 5.10. The van der Waals surface area contributed by atoms with E-state index in [0.717, 1.165) is 13.0 Å². The van der Waals surface area contributed by atoms with Gasteiger partial charge in [-0.05, 0) is 19.9 Å². The van der Waals surface area contributed by atoms with E-state index in [0.29, 0.717) is 18.3 Å². The molecule has 3 N–H and O–H groups in total. The molecule has 0 amide bonds. The second kappa shape index (κ2) is 6.13. The number of rotatable bonds is 7. The van der Waals surface area contributed by atoms with Gasteiger partial charge >= 0.3 is 0 Å². The van der Waals surface area contributed by atoms with Crippen molar-refractivity contribution in [3.63, 3.8) is 0 Å². The highest BCUT2D eigenvalue weighted by molar-refractivity contribution is 7.89. The van der Waals surface area contributed by atoms with Gasteiger partial charge in [-0.2, -0.15) is 5.10 Å². The number of sulfonamides is 1. The lowest BCUT2D eigenvalue weighted by molar-refractivity contribution is 0.554. The summed E-state index contributed by atoms with van der Waals surface area (Å²) in [6.45, 7) is 7.01. The molecular weight excluding hydrogens is 240 g/mol. The standard InChI is InChI=1S/C10H20N4O2S/c1-8(2)11-5-4-6-13-17(15,16)10-7-12-14-9(10)3/h7-8,11,13H,4-6H2,1-3H3,(H,12,14). The van der Waals surface area contributed by atoms with Crippen LogP contribution in [-0.4, -0.2) is 37.7 Å². The predicted octanol–water partition coefficient (Wildman–Crippen LogP) is 0.385. The minimum Gasteiger partial charge on any atom is -0.314 e. The lowest BCUT2D eigenvalue weighted by Crippen LogP contribution is -2.29. The van der Waals surface area contributed by atoms with Crippen LogP contribution in [0.3, 0.4) is 0 Å². The second-order valence-electron chi connectivity index (χ2n) is 4.22. The Balaban J connectivity index is 2.39. The Morgan fingerprint density at radius 1 is 1.41 bits per heavy atom. The van der Waals surface area contributed by atoms with Gasteiger partial charge in [-0.1, -0.05) is 13.8 Å². The molecule has 7 heteroatoms. The molecule has 0 aliphatic rings. The van der Waals surface area contributed by atoms with Gasteiger partial charge in [0.05, 0.1) is 11.9 Å². The highest BCUT2D eigenvalue weighted by Gasteiger charge is 2.17. The third-order valence-electron chi connectivity index (χ3n) is 2.27. The van der Waals surface area contributed by atoms with E-state index in [2.05, 4.69) is 34.1 Å². The summed E-state index contributed by atoms with van der Waals surface area (Å²) < 4.78 is 26.2. The first-order chi connectivity index (χ1) is 7.93. The molecule has 1 aromatic heterocycles. The molecule has 98 valence electrons. The largest absolute Gasteiger partial charge is 0.314 e. The number of hydrogen-bond donors (Lipinski definition) is 3. The molecule has 0 saturated carbocycles. The van der Waals surface area contributed by atoms with Crippen LogP contribution in [0.4, 0.5) is 0 Å². The average Bonchev–Trinajstić information content (AvgIpc) is 2.64. The Bertz CT molecular complexity index is 439. The number of hydrogen-bond acceptors (Lipinski definition) is 4. The van der Waals surface area contributed by atoms with E-state index in [4.69, 9.17) is 0 Å². The Labute approximate surface area is 102 Å². The fraction of sp³-hybridized carbons (Fsp3) is 0.700. The zero-order valence-electron chi connectivity index (χ0n) is 10.4. The molecule has 17 heavy (non-hydrogen) atoms. The van der Waals surface area contributed by atoms with Crippen LogP contribution in [0.1, 0.15) is 26.0 Å². The van der Waals surface area contributed by atoms with Crippen molar-refractivity contribution in [1.82, 2.24) is 20.2 Å². The molecule has 0 aromatic carbocycles. The summed E-state index contributed by atoms with van der Waals surface area (Å²) >= 11 is 0. The molecule has 1 aromatic rings. The minimum atomic E-state index is -3.42. The molecule has 0 aliphatic carbocycles. The average molecular weight is 260 g/mol. The molecule has 6 nitrogen and oxygen atoms in total. The number of aromatic nitrogens is 2. The molecule has 0 bridgehead atoms. The van der Waals surface area contributed by atoms with Crippen molar-refractivity contribution in [2.24, 2.45) is 0 Å². The van der Waals surface area contributed by atoms with Crippen molar-refractivity contribution < 1.29 is 8.42 Å². The van der Waals surface area contributed by atoms with Crippen molar-refractivity contribution in [2.45, 2.75) is 38.1 Å². The summed E-state index contributed by atoms with van der Waals surface area (Å²) in [6, 6.07) is 0.419. The minimum absolute atomic E-state index is 0.217. The van der Waals surface area contributed by atoms with Gasteiger partial charge in [0.1, 0.15) is 4.90 Å². The zero-order valence-corrected chi connectivity index (χ0v) is 11.3. The van der Waals surface area contributed by atoms with E-state index in [9.17, 15) is 8.42 Å². The number of aryl methyl sites for hydroxylation is 1. The monoisotopic (exact) mass is 260 g/mol. The quantitative estimate of drug-likeness (QED) is 0.619. The van der Waals surface area contributed by atoms with Crippen molar-refractivity contribution in [3.8, 4) is 0 Å². The van der Waals surface area contributed by atoms with Gasteiger partial charge in [-0.3, -0.25) is 5.10 Å². The van der Waals surface area contributed by atoms with Crippen LogP contribution in [0.2, 0.25) is 0 Å². The fourth-order valence-electron chi connectivity index (χ4n) is 1.37. The maximum Gasteiger partial charge on any atom is 0.243 e. The molecule has 1 rings (SSSR count). The van der Waals surface area contributed by atoms with Crippen LogP contribution < -0.4 is 10.0 Å². The normalized spacial score (nSPS) is 12.2. The van der Waals surface area contributed by atoms with Crippen molar-refractivity contribution in [1.29, 1.82) is 0 Å². The highest BCUT2D eigenvalue weighted by Crippen LogP contribution is 2.10. The number of nitrogens with zero attached hydrogens (tertiary/aromatic N) is 1. The summed E-state index contributed by atoms with van der Waals surface area (Å²) in [5.41, 5.74) is 0.554. The van der Waals surface area contributed by atoms with Crippen molar-refractivity contribution in [3.05, 3.63) is 11.9 Å². The summed E-state index contributed by atoms with van der Waals surface area (Å²) in [5, 5.41) is 9.53. The van der Waals surface area contributed by atoms with Gasteiger partial charge in [-0.15, -0.1) is 0 Å². The number of H-pyrrole nitrogens is 1. The fourth-order valence-corrected chi connectivity index (χ4v) is 2.58. The topological polar surface area (TPSA) is 86.9 Å². The third-order valence-corrected chi connectivity index (χ3v) is 3.85. The summed E-state index contributed by atoms with van der Waals surface area (Å²) in [4.78, 5) is 0.217. The summed E-state index contributed by atoms with van der Waals surface area (Å²) in [7, 11) is -3.42. The molecule has 0 aliphatic heterocycles. The van der Waals surface area contributed by atoms with Gasteiger partial charge in [0.15, 0.2) is 0 Å². The molecule has 0 radical (unpaired) electrons. The molecule has 0 saturated heterocycles. The van der Waals surface area contributed by atoms with Crippen molar-refractivity contribution >= 4 is 10.0 Å². The Hall–Kier alpha value is -0.920.